The molecule has 1 aromatic heterocycles. The van der Waals surface area contributed by atoms with E-state index in [4.69, 9.17) is 0 Å². The molecule has 0 aromatic carbocycles. The fraction of sp³-hybridized carbons (Fsp3) is 0.800. The van der Waals surface area contributed by atoms with Crippen LogP contribution in [0.3, 0.4) is 0 Å². The maximum Gasteiger partial charge on any atom is 0.0698 e. The quantitative estimate of drug-likeness (QED) is 0.656. The molecule has 0 spiro atoms. The molecule has 3 nitrogen and oxygen atoms in total. The molecular weight excluding hydrogens is 302 g/mol. The first-order chi connectivity index (χ1) is 9.11. The van der Waals surface area contributed by atoms with E-state index in [0.29, 0.717) is 12.1 Å². The highest BCUT2D eigenvalue weighted by molar-refractivity contribution is 9.10. The van der Waals surface area contributed by atoms with Gasteiger partial charge in [0.05, 0.1) is 22.4 Å². The number of aromatic nitrogens is 2. The Morgan fingerprint density at radius 3 is 2.58 bits per heavy atom. The van der Waals surface area contributed by atoms with Gasteiger partial charge in [-0.1, -0.05) is 39.5 Å². The Kier molecular flexibility index (Phi) is 7.69. The van der Waals surface area contributed by atoms with E-state index in [2.05, 4.69) is 58.7 Å². The average molecular weight is 330 g/mol. The Labute approximate surface area is 126 Å². The Morgan fingerprint density at radius 1 is 1.26 bits per heavy atom. The lowest BCUT2D eigenvalue weighted by molar-refractivity contribution is 0.419. The number of rotatable bonds is 9. The second-order valence-electron chi connectivity index (χ2n) is 5.38. The van der Waals surface area contributed by atoms with Crippen molar-refractivity contribution < 1.29 is 0 Å². The number of hydrogen-bond acceptors (Lipinski definition) is 2. The minimum absolute atomic E-state index is 0.401. The lowest BCUT2D eigenvalue weighted by atomic mass is 10.0. The van der Waals surface area contributed by atoms with Gasteiger partial charge in [-0.3, -0.25) is 4.68 Å². The van der Waals surface area contributed by atoms with Crippen LogP contribution in [0.25, 0.3) is 0 Å². The molecule has 1 unspecified atom stereocenters. The highest BCUT2D eigenvalue weighted by Gasteiger charge is 2.20. The fourth-order valence-corrected chi connectivity index (χ4v) is 2.99. The highest BCUT2D eigenvalue weighted by Crippen LogP contribution is 2.29. The Bertz CT molecular complexity index is 360. The maximum absolute atomic E-state index is 4.49. The second-order valence-corrected chi connectivity index (χ2v) is 6.23. The van der Waals surface area contributed by atoms with E-state index in [1.165, 1.54) is 37.8 Å². The number of halogens is 1. The highest BCUT2D eigenvalue weighted by atomic mass is 79.9. The minimum atomic E-state index is 0.401. The second kappa shape index (κ2) is 8.75. The van der Waals surface area contributed by atoms with Crippen molar-refractivity contribution in [1.82, 2.24) is 15.1 Å². The molecule has 0 aliphatic rings. The zero-order valence-electron chi connectivity index (χ0n) is 12.7. The number of hydrogen-bond donors (Lipinski definition) is 1. The van der Waals surface area contributed by atoms with Crippen LogP contribution in [0, 0.1) is 0 Å². The van der Waals surface area contributed by atoms with Gasteiger partial charge in [0, 0.05) is 6.04 Å². The van der Waals surface area contributed by atoms with Crippen LogP contribution in [-0.4, -0.2) is 16.3 Å². The summed E-state index contributed by atoms with van der Waals surface area (Å²) < 4.78 is 3.26. The van der Waals surface area contributed by atoms with E-state index in [9.17, 15) is 0 Å². The van der Waals surface area contributed by atoms with E-state index in [-0.39, 0.29) is 0 Å². The van der Waals surface area contributed by atoms with Crippen molar-refractivity contribution in [3.63, 3.8) is 0 Å². The lowest BCUT2D eigenvalue weighted by Crippen LogP contribution is -2.25. The van der Waals surface area contributed by atoms with Gasteiger partial charge in [0.15, 0.2) is 0 Å². The molecule has 0 aliphatic heterocycles. The van der Waals surface area contributed by atoms with Crippen LogP contribution in [0.1, 0.15) is 77.6 Å². The van der Waals surface area contributed by atoms with Crippen LogP contribution in [-0.2, 0) is 0 Å². The average Bonchev–Trinajstić information content (AvgIpc) is 2.75. The molecule has 1 rings (SSSR count). The third-order valence-corrected chi connectivity index (χ3v) is 4.01. The summed E-state index contributed by atoms with van der Waals surface area (Å²) in [7, 11) is 0. The first-order valence-corrected chi connectivity index (χ1v) is 8.37. The van der Waals surface area contributed by atoms with E-state index in [1.807, 2.05) is 6.20 Å². The molecule has 0 radical (unpaired) electrons. The third kappa shape index (κ3) is 4.92. The zero-order chi connectivity index (χ0) is 14.3. The standard InChI is InChI=1S/C15H28BrN3/c1-5-7-8-9-10-14(17-6-2)15-13(16)11-18-19(15)12(3)4/h11-12,14,17H,5-10H2,1-4H3. The van der Waals surface area contributed by atoms with Gasteiger partial charge >= 0.3 is 0 Å². The minimum Gasteiger partial charge on any atom is -0.309 e. The molecule has 0 fully saturated rings. The van der Waals surface area contributed by atoms with Gasteiger partial charge in [0.2, 0.25) is 0 Å². The maximum atomic E-state index is 4.49. The van der Waals surface area contributed by atoms with E-state index in [1.54, 1.807) is 0 Å². The lowest BCUT2D eigenvalue weighted by Gasteiger charge is -2.22. The number of nitrogens with zero attached hydrogens (tertiary/aromatic N) is 2. The van der Waals surface area contributed by atoms with Gasteiger partial charge in [0.25, 0.3) is 0 Å². The van der Waals surface area contributed by atoms with Gasteiger partial charge in [0.1, 0.15) is 0 Å². The largest absolute Gasteiger partial charge is 0.309 e. The van der Waals surface area contributed by atoms with Crippen LogP contribution >= 0.6 is 15.9 Å². The molecule has 1 atom stereocenters. The number of nitrogens with one attached hydrogen (secondary N) is 1. The van der Waals surface area contributed by atoms with Crippen molar-refractivity contribution in [3.8, 4) is 0 Å². The summed E-state index contributed by atoms with van der Waals surface area (Å²) in [6, 6.07) is 0.805. The molecule has 4 heteroatoms. The Morgan fingerprint density at radius 2 is 2.00 bits per heavy atom. The van der Waals surface area contributed by atoms with Gasteiger partial charge < -0.3 is 5.32 Å². The van der Waals surface area contributed by atoms with Crippen LogP contribution in [0.5, 0.6) is 0 Å². The molecule has 0 amide bonds. The molecule has 0 saturated heterocycles. The van der Waals surface area contributed by atoms with Gasteiger partial charge in [-0.25, -0.2) is 0 Å². The van der Waals surface area contributed by atoms with Crippen LogP contribution in [0.15, 0.2) is 10.7 Å². The molecule has 1 N–H and O–H groups in total. The van der Waals surface area contributed by atoms with E-state index < -0.39 is 0 Å². The Hall–Kier alpha value is -0.350. The predicted octanol–water partition coefficient (Wildman–Crippen LogP) is 4.85. The summed E-state index contributed by atoms with van der Waals surface area (Å²) in [5.41, 5.74) is 1.30. The smallest absolute Gasteiger partial charge is 0.0698 e. The topological polar surface area (TPSA) is 29.9 Å². The van der Waals surface area contributed by atoms with Crippen LogP contribution in [0.2, 0.25) is 0 Å². The summed E-state index contributed by atoms with van der Waals surface area (Å²) in [5.74, 6) is 0. The van der Waals surface area contributed by atoms with Crippen molar-refractivity contribution in [3.05, 3.63) is 16.4 Å². The first-order valence-electron chi connectivity index (χ1n) is 7.58. The molecule has 1 aromatic rings. The van der Waals surface area contributed by atoms with Gasteiger partial charge in [-0.05, 0) is 42.7 Å². The number of unbranched alkanes of at least 4 members (excludes halogenated alkanes) is 3. The van der Waals surface area contributed by atoms with E-state index >= 15 is 0 Å². The molecular formula is C15H28BrN3. The summed E-state index contributed by atoms with van der Waals surface area (Å²) in [4.78, 5) is 0. The van der Waals surface area contributed by atoms with Gasteiger partial charge in [-0.2, -0.15) is 5.10 Å². The van der Waals surface area contributed by atoms with Crippen molar-refractivity contribution in [2.75, 3.05) is 6.54 Å². The Balaban J connectivity index is 2.77. The summed E-state index contributed by atoms with van der Waals surface area (Å²) >= 11 is 3.66. The van der Waals surface area contributed by atoms with Crippen molar-refractivity contribution >= 4 is 15.9 Å². The summed E-state index contributed by atoms with van der Waals surface area (Å²) in [6.07, 6.45) is 8.34. The van der Waals surface area contributed by atoms with Crippen molar-refractivity contribution in [1.29, 1.82) is 0 Å². The molecule has 0 bridgehead atoms. The summed E-state index contributed by atoms with van der Waals surface area (Å²) in [6.45, 7) is 9.79. The molecule has 110 valence electrons. The molecule has 1 heterocycles. The monoisotopic (exact) mass is 329 g/mol. The van der Waals surface area contributed by atoms with Crippen LogP contribution in [0.4, 0.5) is 0 Å². The van der Waals surface area contributed by atoms with Gasteiger partial charge in [-0.15, -0.1) is 0 Å². The normalized spacial score (nSPS) is 13.2. The fourth-order valence-electron chi connectivity index (χ4n) is 2.45. The van der Waals surface area contributed by atoms with Crippen molar-refractivity contribution in [2.45, 2.75) is 71.9 Å². The van der Waals surface area contributed by atoms with E-state index in [0.717, 1.165) is 11.0 Å². The SMILES string of the molecule is CCCCCCC(NCC)c1c(Br)cnn1C(C)C. The molecule has 19 heavy (non-hydrogen) atoms. The first kappa shape index (κ1) is 16.7. The van der Waals surface area contributed by atoms with Crippen molar-refractivity contribution in [2.24, 2.45) is 0 Å². The molecule has 0 aliphatic carbocycles. The third-order valence-electron chi connectivity index (χ3n) is 3.40. The van der Waals surface area contributed by atoms with Crippen LogP contribution < -0.4 is 5.32 Å². The predicted molar refractivity (Wildman–Crippen MR) is 85.5 cm³/mol. The zero-order valence-corrected chi connectivity index (χ0v) is 14.3. The molecule has 0 saturated carbocycles. The summed E-state index contributed by atoms with van der Waals surface area (Å²) in [5, 5.41) is 8.10.